The molecular formula is C20H24O5. The topological polar surface area (TPSA) is 68.2 Å². The Balaban J connectivity index is 2.48. The van der Waals surface area contributed by atoms with Crippen molar-refractivity contribution in [2.45, 2.75) is 26.1 Å². The summed E-state index contributed by atoms with van der Waals surface area (Å²) >= 11 is 0. The van der Waals surface area contributed by atoms with Crippen LogP contribution >= 0.6 is 0 Å². The first-order chi connectivity index (χ1) is 11.9. The van der Waals surface area contributed by atoms with Gasteiger partial charge in [-0.3, -0.25) is 0 Å². The summed E-state index contributed by atoms with van der Waals surface area (Å²) in [7, 11) is 4.74. The lowest BCUT2D eigenvalue weighted by atomic mass is 9.80. The molecule has 5 nitrogen and oxygen atoms in total. The number of fused-ring (bicyclic) bond motifs is 3. The molecule has 0 radical (unpaired) electrons. The highest BCUT2D eigenvalue weighted by Crippen LogP contribution is 2.58. The van der Waals surface area contributed by atoms with Gasteiger partial charge in [0.15, 0.2) is 0 Å². The van der Waals surface area contributed by atoms with Crippen LogP contribution < -0.4 is 14.2 Å². The number of aliphatic hydroxyl groups is 2. The Hall–Kier alpha value is -2.24. The molecule has 3 rings (SSSR count). The van der Waals surface area contributed by atoms with Crippen molar-refractivity contribution in [2.75, 3.05) is 21.3 Å². The molecular weight excluding hydrogens is 320 g/mol. The number of methoxy groups -OCH3 is 3. The minimum absolute atomic E-state index is 0.0977. The molecule has 2 aromatic carbocycles. The van der Waals surface area contributed by atoms with Crippen LogP contribution in [0, 0.1) is 5.92 Å². The Bertz CT molecular complexity index is 812. The number of rotatable bonds is 5. The van der Waals surface area contributed by atoms with E-state index in [9.17, 15) is 10.2 Å². The van der Waals surface area contributed by atoms with Crippen LogP contribution in [0.1, 0.15) is 30.5 Å². The van der Waals surface area contributed by atoms with Crippen LogP contribution in [0.25, 0.3) is 11.1 Å². The van der Waals surface area contributed by atoms with Gasteiger partial charge < -0.3 is 24.4 Å². The SMILES string of the molecule is COc1cc(OC)c2c(c1)-c1c(ccc(CO)c1OC)C2(O)C(C)C. The first kappa shape index (κ1) is 17.6. The van der Waals surface area contributed by atoms with Crippen molar-refractivity contribution >= 4 is 0 Å². The van der Waals surface area contributed by atoms with Gasteiger partial charge in [-0.25, -0.2) is 0 Å². The van der Waals surface area contributed by atoms with E-state index in [2.05, 4.69) is 0 Å². The van der Waals surface area contributed by atoms with E-state index in [0.29, 0.717) is 28.4 Å². The molecule has 1 aliphatic carbocycles. The Morgan fingerprint density at radius 3 is 2.28 bits per heavy atom. The minimum Gasteiger partial charge on any atom is -0.497 e. The summed E-state index contributed by atoms with van der Waals surface area (Å²) in [5.74, 6) is 1.66. The normalized spacial score (nSPS) is 18.1. The van der Waals surface area contributed by atoms with Gasteiger partial charge in [0.05, 0.1) is 27.9 Å². The fourth-order valence-corrected chi connectivity index (χ4v) is 3.76. The molecule has 5 heteroatoms. The molecule has 1 aliphatic rings. The molecule has 2 aromatic rings. The first-order valence-electron chi connectivity index (χ1n) is 8.24. The van der Waals surface area contributed by atoms with Crippen LogP contribution in [0.15, 0.2) is 24.3 Å². The molecule has 134 valence electrons. The average molecular weight is 344 g/mol. The summed E-state index contributed by atoms with van der Waals surface area (Å²) in [4.78, 5) is 0. The second-order valence-electron chi connectivity index (χ2n) is 6.51. The van der Waals surface area contributed by atoms with Crippen molar-refractivity contribution in [3.63, 3.8) is 0 Å². The zero-order valence-electron chi connectivity index (χ0n) is 15.2. The Kier molecular flexibility index (Phi) is 4.39. The molecule has 1 unspecified atom stereocenters. The van der Waals surface area contributed by atoms with Crippen LogP contribution in [-0.2, 0) is 12.2 Å². The maximum atomic E-state index is 11.7. The van der Waals surface area contributed by atoms with Gasteiger partial charge >= 0.3 is 0 Å². The lowest BCUT2D eigenvalue weighted by molar-refractivity contribution is 0.0339. The summed E-state index contributed by atoms with van der Waals surface area (Å²) in [6.45, 7) is 3.79. The Morgan fingerprint density at radius 2 is 1.76 bits per heavy atom. The number of hydrogen-bond acceptors (Lipinski definition) is 5. The predicted octanol–water partition coefficient (Wildman–Crippen LogP) is 3.08. The number of hydrogen-bond donors (Lipinski definition) is 2. The van der Waals surface area contributed by atoms with Gasteiger partial charge in [-0.15, -0.1) is 0 Å². The summed E-state index contributed by atoms with van der Waals surface area (Å²) in [5.41, 5.74) is 2.48. The summed E-state index contributed by atoms with van der Waals surface area (Å²) in [5, 5.41) is 21.4. The zero-order chi connectivity index (χ0) is 18.4. The van der Waals surface area contributed by atoms with E-state index in [1.807, 2.05) is 26.0 Å². The third-order valence-corrected chi connectivity index (χ3v) is 5.04. The lowest BCUT2D eigenvalue weighted by Crippen LogP contribution is -2.31. The molecule has 0 aromatic heterocycles. The van der Waals surface area contributed by atoms with Crippen LogP contribution in [0.2, 0.25) is 0 Å². The second-order valence-corrected chi connectivity index (χ2v) is 6.51. The van der Waals surface area contributed by atoms with E-state index in [1.165, 1.54) is 0 Å². The van der Waals surface area contributed by atoms with Crippen molar-refractivity contribution in [1.82, 2.24) is 0 Å². The maximum absolute atomic E-state index is 11.7. The molecule has 25 heavy (non-hydrogen) atoms. The van der Waals surface area contributed by atoms with E-state index >= 15 is 0 Å². The smallest absolute Gasteiger partial charge is 0.132 e. The fourth-order valence-electron chi connectivity index (χ4n) is 3.76. The molecule has 1 atom stereocenters. The molecule has 0 bridgehead atoms. The van der Waals surface area contributed by atoms with Crippen molar-refractivity contribution in [2.24, 2.45) is 5.92 Å². The second kappa shape index (κ2) is 6.24. The highest BCUT2D eigenvalue weighted by molar-refractivity contribution is 5.88. The standard InChI is InChI=1S/C20H24O5/c1-11(2)20(22)15-7-6-12(10-21)19(25-5)17(15)14-8-13(23-3)9-16(24-4)18(14)20/h6-9,11,21-22H,10H2,1-5H3. The number of benzene rings is 2. The highest BCUT2D eigenvalue weighted by atomic mass is 16.5. The van der Waals surface area contributed by atoms with Crippen molar-refractivity contribution < 1.29 is 24.4 Å². The maximum Gasteiger partial charge on any atom is 0.132 e. The van der Waals surface area contributed by atoms with Crippen molar-refractivity contribution in [3.05, 3.63) is 41.0 Å². The number of aliphatic hydroxyl groups excluding tert-OH is 1. The van der Waals surface area contributed by atoms with Gasteiger partial charge in [-0.2, -0.15) is 0 Å². The zero-order valence-corrected chi connectivity index (χ0v) is 15.2. The van der Waals surface area contributed by atoms with Crippen LogP contribution in [0.5, 0.6) is 17.2 Å². The molecule has 0 amide bonds. The average Bonchev–Trinajstić information content (AvgIpc) is 2.90. The van der Waals surface area contributed by atoms with E-state index in [4.69, 9.17) is 14.2 Å². The summed E-state index contributed by atoms with van der Waals surface area (Å²) in [6, 6.07) is 7.30. The predicted molar refractivity (Wildman–Crippen MR) is 95.3 cm³/mol. The first-order valence-corrected chi connectivity index (χ1v) is 8.24. The van der Waals surface area contributed by atoms with Crippen molar-refractivity contribution in [3.8, 4) is 28.4 Å². The lowest BCUT2D eigenvalue weighted by Gasteiger charge is -2.31. The van der Waals surface area contributed by atoms with Gasteiger partial charge in [0.25, 0.3) is 0 Å². The molecule has 0 heterocycles. The largest absolute Gasteiger partial charge is 0.497 e. The van der Waals surface area contributed by atoms with E-state index < -0.39 is 5.60 Å². The van der Waals surface area contributed by atoms with Gasteiger partial charge in [-0.1, -0.05) is 26.0 Å². The summed E-state index contributed by atoms with van der Waals surface area (Å²) in [6.07, 6.45) is 0. The van der Waals surface area contributed by atoms with Crippen LogP contribution in [0.3, 0.4) is 0 Å². The quantitative estimate of drug-likeness (QED) is 0.872. The molecule has 0 fully saturated rings. The van der Waals surface area contributed by atoms with Gasteiger partial charge in [0.2, 0.25) is 0 Å². The van der Waals surface area contributed by atoms with Gasteiger partial charge in [0, 0.05) is 22.8 Å². The summed E-state index contributed by atoms with van der Waals surface area (Å²) < 4.78 is 16.6. The van der Waals surface area contributed by atoms with E-state index in [1.54, 1.807) is 33.5 Å². The third kappa shape index (κ3) is 2.30. The molecule has 0 saturated carbocycles. The van der Waals surface area contributed by atoms with E-state index in [-0.39, 0.29) is 12.5 Å². The monoisotopic (exact) mass is 344 g/mol. The molecule has 0 spiro atoms. The fraction of sp³-hybridized carbons (Fsp3) is 0.400. The van der Waals surface area contributed by atoms with Gasteiger partial charge in [-0.05, 0) is 23.1 Å². The molecule has 2 N–H and O–H groups in total. The highest BCUT2D eigenvalue weighted by Gasteiger charge is 2.48. The minimum atomic E-state index is -1.22. The Labute approximate surface area is 147 Å². The Morgan fingerprint density at radius 1 is 1.04 bits per heavy atom. The molecule has 0 saturated heterocycles. The molecule has 0 aliphatic heterocycles. The third-order valence-electron chi connectivity index (χ3n) is 5.04. The van der Waals surface area contributed by atoms with Crippen LogP contribution in [0.4, 0.5) is 0 Å². The van der Waals surface area contributed by atoms with E-state index in [0.717, 1.165) is 16.7 Å². The van der Waals surface area contributed by atoms with Crippen LogP contribution in [-0.4, -0.2) is 31.5 Å². The van der Waals surface area contributed by atoms with Gasteiger partial charge in [0.1, 0.15) is 22.8 Å². The number of ether oxygens (including phenoxy) is 3. The van der Waals surface area contributed by atoms with Crippen molar-refractivity contribution in [1.29, 1.82) is 0 Å².